The summed E-state index contributed by atoms with van der Waals surface area (Å²) in [6.45, 7) is 3.17. The summed E-state index contributed by atoms with van der Waals surface area (Å²) in [6, 6.07) is 5.77. The third-order valence-corrected chi connectivity index (χ3v) is 2.95. The Morgan fingerprint density at radius 1 is 1.12 bits per heavy atom. The Kier molecular flexibility index (Phi) is 8.96. The molecule has 0 heterocycles. The Balaban J connectivity index is 2.20. The van der Waals surface area contributed by atoms with Crippen LogP contribution in [-0.4, -0.2) is 38.4 Å². The van der Waals surface area contributed by atoms with Gasteiger partial charge in [-0.2, -0.15) is 13.2 Å². The summed E-state index contributed by atoms with van der Waals surface area (Å²) < 4.78 is 54.5. The van der Waals surface area contributed by atoms with Gasteiger partial charge in [-0.1, -0.05) is 0 Å². The van der Waals surface area contributed by atoms with Crippen molar-refractivity contribution in [3.05, 3.63) is 30.1 Å². The molecule has 0 atom stereocenters. The highest BCUT2D eigenvalue weighted by Gasteiger charge is 2.26. The number of guanidine groups is 1. The van der Waals surface area contributed by atoms with Crippen LogP contribution in [0.4, 0.5) is 17.6 Å². The monoisotopic (exact) mass is 349 g/mol. The molecule has 0 aromatic heterocycles. The third-order valence-electron chi connectivity index (χ3n) is 2.95. The van der Waals surface area contributed by atoms with Crippen molar-refractivity contribution in [1.82, 2.24) is 10.6 Å². The maximum Gasteiger partial charge on any atom is 0.390 e. The third kappa shape index (κ3) is 9.91. The van der Waals surface area contributed by atoms with Gasteiger partial charge in [-0.25, -0.2) is 4.39 Å². The summed E-state index contributed by atoms with van der Waals surface area (Å²) in [5, 5.41) is 5.55. The van der Waals surface area contributed by atoms with E-state index in [1.807, 2.05) is 6.92 Å². The molecule has 0 saturated heterocycles. The van der Waals surface area contributed by atoms with Crippen LogP contribution in [0.5, 0.6) is 5.75 Å². The summed E-state index contributed by atoms with van der Waals surface area (Å²) in [5.41, 5.74) is 0. The lowest BCUT2D eigenvalue weighted by Crippen LogP contribution is -2.39. The first kappa shape index (κ1) is 20.1. The highest BCUT2D eigenvalue weighted by atomic mass is 19.4. The topological polar surface area (TPSA) is 45.7 Å². The van der Waals surface area contributed by atoms with E-state index in [0.29, 0.717) is 31.4 Å². The minimum Gasteiger partial charge on any atom is -0.494 e. The molecule has 0 spiro atoms. The van der Waals surface area contributed by atoms with E-state index >= 15 is 0 Å². The number of hydrogen-bond acceptors (Lipinski definition) is 2. The van der Waals surface area contributed by atoms with Gasteiger partial charge >= 0.3 is 6.18 Å². The van der Waals surface area contributed by atoms with Gasteiger partial charge in [0.05, 0.1) is 13.0 Å². The zero-order valence-corrected chi connectivity index (χ0v) is 13.6. The van der Waals surface area contributed by atoms with Crippen molar-refractivity contribution < 1.29 is 22.3 Å². The number of ether oxygens (including phenoxy) is 1. The van der Waals surface area contributed by atoms with Gasteiger partial charge in [0.2, 0.25) is 0 Å². The Bertz CT molecular complexity index is 489. The Hall–Kier alpha value is -1.99. The summed E-state index contributed by atoms with van der Waals surface area (Å²) in [6.07, 6.45) is -3.61. The highest BCUT2D eigenvalue weighted by molar-refractivity contribution is 5.79. The lowest BCUT2D eigenvalue weighted by atomic mass is 10.3. The first-order chi connectivity index (χ1) is 11.4. The van der Waals surface area contributed by atoms with Crippen molar-refractivity contribution in [3.8, 4) is 5.75 Å². The average molecular weight is 349 g/mol. The number of alkyl halides is 3. The van der Waals surface area contributed by atoms with Crippen molar-refractivity contribution in [2.45, 2.75) is 32.4 Å². The van der Waals surface area contributed by atoms with Gasteiger partial charge in [0.15, 0.2) is 5.96 Å². The quantitative estimate of drug-likeness (QED) is 0.310. The second kappa shape index (κ2) is 10.7. The minimum absolute atomic E-state index is 0.205. The molecule has 0 aliphatic rings. The van der Waals surface area contributed by atoms with Crippen LogP contribution in [-0.2, 0) is 0 Å². The SMILES string of the molecule is CCNC(=NCCCCOc1ccc(F)cc1)NCCC(F)(F)F. The van der Waals surface area contributed by atoms with E-state index in [0.717, 1.165) is 12.8 Å². The van der Waals surface area contributed by atoms with Gasteiger partial charge in [0.25, 0.3) is 0 Å². The number of benzene rings is 1. The van der Waals surface area contributed by atoms with Gasteiger partial charge in [0, 0.05) is 19.6 Å². The molecule has 0 amide bonds. The van der Waals surface area contributed by atoms with E-state index in [4.69, 9.17) is 4.74 Å². The number of halogens is 4. The fourth-order valence-electron chi connectivity index (χ4n) is 1.79. The van der Waals surface area contributed by atoms with Gasteiger partial charge in [-0.3, -0.25) is 4.99 Å². The van der Waals surface area contributed by atoms with E-state index in [1.165, 1.54) is 12.1 Å². The fourth-order valence-corrected chi connectivity index (χ4v) is 1.79. The van der Waals surface area contributed by atoms with E-state index in [9.17, 15) is 17.6 Å². The number of unbranched alkanes of at least 4 members (excludes halogenated alkanes) is 1. The summed E-state index contributed by atoms with van der Waals surface area (Å²) in [5.74, 6) is 0.661. The second-order valence-electron chi connectivity index (χ2n) is 5.06. The molecular formula is C16H23F4N3O. The number of nitrogens with one attached hydrogen (secondary N) is 2. The van der Waals surface area contributed by atoms with Crippen LogP contribution >= 0.6 is 0 Å². The number of hydrogen-bond donors (Lipinski definition) is 2. The second-order valence-corrected chi connectivity index (χ2v) is 5.06. The minimum atomic E-state index is -4.18. The molecule has 1 aromatic carbocycles. The smallest absolute Gasteiger partial charge is 0.390 e. The van der Waals surface area contributed by atoms with Crippen molar-refractivity contribution in [2.75, 3.05) is 26.2 Å². The standard InChI is InChI=1S/C16H23F4N3O/c1-2-21-15(23-11-9-16(18,19)20)22-10-3-4-12-24-14-7-5-13(17)6-8-14/h5-8H,2-4,9-12H2,1H3,(H2,21,22,23). The van der Waals surface area contributed by atoms with Crippen LogP contribution in [0.2, 0.25) is 0 Å². The zero-order valence-electron chi connectivity index (χ0n) is 13.6. The molecule has 8 heteroatoms. The molecular weight excluding hydrogens is 326 g/mol. The molecule has 0 aliphatic carbocycles. The summed E-state index contributed by atoms with van der Waals surface area (Å²) >= 11 is 0. The predicted octanol–water partition coefficient (Wildman–Crippen LogP) is 3.49. The van der Waals surface area contributed by atoms with Crippen molar-refractivity contribution in [2.24, 2.45) is 4.99 Å². The van der Waals surface area contributed by atoms with Gasteiger partial charge < -0.3 is 15.4 Å². The van der Waals surface area contributed by atoms with Crippen LogP contribution in [0.25, 0.3) is 0 Å². The Morgan fingerprint density at radius 3 is 2.46 bits per heavy atom. The molecule has 0 fully saturated rings. The van der Waals surface area contributed by atoms with Crippen LogP contribution in [0, 0.1) is 5.82 Å². The van der Waals surface area contributed by atoms with Crippen LogP contribution in [0.15, 0.2) is 29.3 Å². The van der Waals surface area contributed by atoms with Crippen molar-refractivity contribution in [3.63, 3.8) is 0 Å². The molecule has 0 aliphatic heterocycles. The number of nitrogens with zero attached hydrogens (tertiary/aromatic N) is 1. The maximum absolute atomic E-state index is 12.7. The van der Waals surface area contributed by atoms with Gasteiger partial charge in [-0.15, -0.1) is 0 Å². The zero-order chi connectivity index (χ0) is 17.8. The molecule has 0 saturated carbocycles. The molecule has 1 aromatic rings. The van der Waals surface area contributed by atoms with E-state index in [1.54, 1.807) is 12.1 Å². The Labute approximate surface area is 139 Å². The molecule has 1 rings (SSSR count). The summed E-state index contributed by atoms with van der Waals surface area (Å²) in [4.78, 5) is 4.21. The van der Waals surface area contributed by atoms with E-state index in [-0.39, 0.29) is 12.4 Å². The molecule has 136 valence electrons. The van der Waals surface area contributed by atoms with Crippen LogP contribution < -0.4 is 15.4 Å². The Morgan fingerprint density at radius 2 is 1.83 bits per heavy atom. The molecule has 2 N–H and O–H groups in total. The molecule has 24 heavy (non-hydrogen) atoms. The van der Waals surface area contributed by atoms with E-state index in [2.05, 4.69) is 15.6 Å². The first-order valence-electron chi connectivity index (χ1n) is 7.88. The predicted molar refractivity (Wildman–Crippen MR) is 85.8 cm³/mol. The maximum atomic E-state index is 12.7. The molecule has 4 nitrogen and oxygen atoms in total. The lowest BCUT2D eigenvalue weighted by molar-refractivity contribution is -0.132. The molecule has 0 bridgehead atoms. The van der Waals surface area contributed by atoms with Gasteiger partial charge in [0.1, 0.15) is 11.6 Å². The highest BCUT2D eigenvalue weighted by Crippen LogP contribution is 2.18. The summed E-state index contributed by atoms with van der Waals surface area (Å²) in [7, 11) is 0. The molecule has 0 radical (unpaired) electrons. The van der Waals surface area contributed by atoms with Gasteiger partial charge in [-0.05, 0) is 44.0 Å². The molecule has 0 unspecified atom stereocenters. The normalized spacial score (nSPS) is 12.1. The largest absolute Gasteiger partial charge is 0.494 e. The lowest BCUT2D eigenvalue weighted by Gasteiger charge is -2.12. The van der Waals surface area contributed by atoms with Crippen molar-refractivity contribution in [1.29, 1.82) is 0 Å². The number of aliphatic imine (C=N–C) groups is 1. The van der Waals surface area contributed by atoms with E-state index < -0.39 is 12.6 Å². The van der Waals surface area contributed by atoms with Crippen molar-refractivity contribution >= 4 is 5.96 Å². The average Bonchev–Trinajstić information content (AvgIpc) is 2.51. The first-order valence-corrected chi connectivity index (χ1v) is 7.88. The van der Waals surface area contributed by atoms with Crippen LogP contribution in [0.1, 0.15) is 26.2 Å². The number of rotatable bonds is 9. The fraction of sp³-hybridized carbons (Fsp3) is 0.562. The van der Waals surface area contributed by atoms with Crippen LogP contribution in [0.3, 0.4) is 0 Å².